The molecule has 0 aliphatic carbocycles. The number of benzene rings is 7. The third kappa shape index (κ3) is 26.8. The fraction of sp³-hybridized carbons (Fsp3) is 0.439. The molecule has 0 spiro atoms. The molecular weight excluding hydrogens is 1190 g/mol. The van der Waals surface area contributed by atoms with E-state index in [9.17, 15) is 19.2 Å². The van der Waals surface area contributed by atoms with Crippen LogP contribution in [-0.2, 0) is 12.8 Å². The van der Waals surface area contributed by atoms with E-state index in [1.165, 1.54) is 247 Å². The number of carbonyl (C=O) groups is 4. The quantitative estimate of drug-likeness (QED) is 0.0211. The highest BCUT2D eigenvalue weighted by atomic mass is 35.5. The first-order chi connectivity index (χ1) is 45.5. The van der Waals surface area contributed by atoms with E-state index in [0.29, 0.717) is 0 Å². The van der Waals surface area contributed by atoms with Crippen LogP contribution in [0.1, 0.15) is 272 Å². The Labute approximate surface area is 558 Å². The van der Waals surface area contributed by atoms with Gasteiger partial charge in [-0.1, -0.05) is 291 Å². The molecule has 0 bridgehead atoms. The highest BCUT2D eigenvalue weighted by molar-refractivity contribution is 6.31. The van der Waals surface area contributed by atoms with Crippen molar-refractivity contribution in [1.82, 2.24) is 0 Å². The number of hydrogen-bond acceptors (Lipinski definition) is 8. The number of hydrogen-bond donors (Lipinski definition) is 0. The Balaban J connectivity index is 0.774. The second-order valence-electron chi connectivity index (χ2n) is 25.1. The predicted octanol–water partition coefficient (Wildman–Crippen LogP) is 24.4. The number of halogens is 3. The molecule has 11 heteroatoms. The first kappa shape index (κ1) is 73.0. The van der Waals surface area contributed by atoms with Gasteiger partial charge in [0.25, 0.3) is 0 Å². The summed E-state index contributed by atoms with van der Waals surface area (Å²) in [6.45, 7) is 4.54. The van der Waals surface area contributed by atoms with Crippen LogP contribution in [0, 0.1) is 11.6 Å². The fourth-order valence-electron chi connectivity index (χ4n) is 11.8. The van der Waals surface area contributed by atoms with Gasteiger partial charge in [-0.25, -0.2) is 28.0 Å². The maximum atomic E-state index is 15.4. The van der Waals surface area contributed by atoms with Crippen molar-refractivity contribution in [3.63, 3.8) is 0 Å². The van der Waals surface area contributed by atoms with Crippen molar-refractivity contribution in [2.24, 2.45) is 0 Å². The lowest BCUT2D eigenvalue weighted by molar-refractivity contribution is 0.0716. The second-order valence-corrected chi connectivity index (χ2v) is 25.6. The first-order valence-electron chi connectivity index (χ1n) is 35.1. The molecule has 0 saturated heterocycles. The number of aryl methyl sites for hydroxylation is 2. The molecule has 0 aromatic heterocycles. The summed E-state index contributed by atoms with van der Waals surface area (Å²) in [5, 5.41) is 0.0219. The lowest BCUT2D eigenvalue weighted by Gasteiger charge is -2.11. The fourth-order valence-corrected chi connectivity index (χ4v) is 12.0. The number of carbonyl (C=O) groups excluding carboxylic acids is 4. The van der Waals surface area contributed by atoms with Crippen LogP contribution >= 0.6 is 11.6 Å². The summed E-state index contributed by atoms with van der Waals surface area (Å²) in [5.41, 5.74) is 6.48. The van der Waals surface area contributed by atoms with E-state index in [4.69, 9.17) is 30.5 Å². The zero-order valence-corrected chi connectivity index (χ0v) is 56.1. The summed E-state index contributed by atoms with van der Waals surface area (Å²) in [7, 11) is 0. The molecular formula is C82H99ClF2O8. The molecule has 0 saturated carbocycles. The van der Waals surface area contributed by atoms with Crippen LogP contribution in [-0.4, -0.2) is 23.9 Å². The Kier molecular flexibility index (Phi) is 33.0. The number of ether oxygens (including phenoxy) is 4. The van der Waals surface area contributed by atoms with E-state index in [0.717, 1.165) is 59.4 Å². The van der Waals surface area contributed by atoms with Crippen LogP contribution in [0.25, 0.3) is 22.3 Å². The molecule has 0 unspecified atom stereocenters. The van der Waals surface area contributed by atoms with Gasteiger partial charge in [0.15, 0.2) is 23.1 Å². The second kappa shape index (κ2) is 42.0. The number of rotatable bonds is 44. The van der Waals surface area contributed by atoms with Crippen LogP contribution in [0.4, 0.5) is 8.78 Å². The molecule has 0 atom stereocenters. The lowest BCUT2D eigenvalue weighted by Crippen LogP contribution is -2.13. The summed E-state index contributed by atoms with van der Waals surface area (Å²) in [5.74, 6) is -6.58. The average molecular weight is 1290 g/mol. The monoisotopic (exact) mass is 1280 g/mol. The Morgan fingerprint density at radius 1 is 0.290 bits per heavy atom. The maximum Gasteiger partial charge on any atom is 0.343 e. The molecule has 0 amide bonds. The highest BCUT2D eigenvalue weighted by Gasteiger charge is 2.20. The van der Waals surface area contributed by atoms with Crippen LogP contribution in [0.15, 0.2) is 152 Å². The van der Waals surface area contributed by atoms with Crippen LogP contribution < -0.4 is 18.9 Å². The molecule has 0 aliphatic rings. The summed E-state index contributed by atoms with van der Waals surface area (Å²) < 4.78 is 52.4. The van der Waals surface area contributed by atoms with Gasteiger partial charge in [0, 0.05) is 11.1 Å². The molecule has 496 valence electrons. The normalized spacial score (nSPS) is 11.2. The topological polar surface area (TPSA) is 105 Å². The Bertz CT molecular complexity index is 3120. The number of unbranched alkanes of at least 4 members (excludes halogenated alkanes) is 30. The SMILES string of the molecule is CCCCCCCCCCCCCCCCCCc1ccc(-c2ccc(C(=O)Oc3ccc(C(=O)Oc4cc(Cl)cc(OC(=O)c5ccc(OC(=O)c6ccc(-c7ccc(CCCCCCCCCCCCCCCCCC)cc7)cc6)c(F)c5)c4)cc3F)cc2)cc1. The Morgan fingerprint density at radius 3 is 0.817 bits per heavy atom. The lowest BCUT2D eigenvalue weighted by atomic mass is 10.00. The van der Waals surface area contributed by atoms with Crippen LogP contribution in [0.5, 0.6) is 23.0 Å². The molecule has 0 fully saturated rings. The molecule has 7 aromatic carbocycles. The molecule has 7 rings (SSSR count). The zero-order chi connectivity index (χ0) is 65.7. The minimum atomic E-state index is -0.987. The van der Waals surface area contributed by atoms with Crippen molar-refractivity contribution in [3.05, 3.63) is 202 Å². The van der Waals surface area contributed by atoms with E-state index in [1.54, 1.807) is 24.3 Å². The summed E-state index contributed by atoms with van der Waals surface area (Å²) in [4.78, 5) is 52.6. The van der Waals surface area contributed by atoms with E-state index in [1.807, 2.05) is 24.3 Å². The first-order valence-corrected chi connectivity index (χ1v) is 35.5. The molecule has 0 heterocycles. The summed E-state index contributed by atoms with van der Waals surface area (Å²) in [6, 6.07) is 41.0. The van der Waals surface area contributed by atoms with E-state index in [-0.39, 0.29) is 38.8 Å². The van der Waals surface area contributed by atoms with Gasteiger partial charge < -0.3 is 18.9 Å². The maximum absolute atomic E-state index is 15.4. The predicted molar refractivity (Wildman–Crippen MR) is 374 cm³/mol. The molecule has 7 aromatic rings. The van der Waals surface area contributed by atoms with Gasteiger partial charge in [0.2, 0.25) is 0 Å². The van der Waals surface area contributed by atoms with E-state index in [2.05, 4.69) is 62.4 Å². The van der Waals surface area contributed by atoms with Crippen molar-refractivity contribution in [1.29, 1.82) is 0 Å². The summed E-state index contributed by atoms with van der Waals surface area (Å²) in [6.07, 6.45) is 45.3. The van der Waals surface area contributed by atoms with Crippen LogP contribution in [0.2, 0.25) is 5.02 Å². The third-order valence-electron chi connectivity index (χ3n) is 17.5. The van der Waals surface area contributed by atoms with Gasteiger partial charge in [-0.05, 0) is 132 Å². The molecule has 0 N–H and O–H groups in total. The van der Waals surface area contributed by atoms with Gasteiger partial charge >= 0.3 is 23.9 Å². The van der Waals surface area contributed by atoms with Gasteiger partial charge in [-0.2, -0.15) is 0 Å². The molecule has 93 heavy (non-hydrogen) atoms. The van der Waals surface area contributed by atoms with E-state index < -0.39 is 47.0 Å². The van der Waals surface area contributed by atoms with Gasteiger partial charge in [0.05, 0.1) is 22.3 Å². The largest absolute Gasteiger partial charge is 0.423 e. The Morgan fingerprint density at radius 2 is 0.538 bits per heavy atom. The minimum Gasteiger partial charge on any atom is -0.423 e. The third-order valence-corrected chi connectivity index (χ3v) is 17.7. The van der Waals surface area contributed by atoms with Gasteiger partial charge in [-0.15, -0.1) is 0 Å². The standard InChI is InChI=1S/C82H99ClF2O8/c1-3-5-7-9-11-13-15-17-19-21-23-25-27-29-31-33-35-62-37-41-64(42-38-62)66-45-49-68(50-46-66)79(86)92-77-55-53-70(57-75(77)84)81(88)90-73-59-72(83)60-74(61-73)91-82(89)71-54-56-78(76(85)58-71)93-80(87)69-51-47-67(48-52-69)65-43-39-63(40-44-65)36-34-32-30-28-26-24-22-20-18-16-14-12-10-8-6-4-2/h37-61H,3-36H2,1-2H3. The van der Waals surface area contributed by atoms with Crippen LogP contribution in [0.3, 0.4) is 0 Å². The van der Waals surface area contributed by atoms with Crippen molar-refractivity contribution in [2.75, 3.05) is 0 Å². The van der Waals surface area contributed by atoms with Gasteiger partial charge in [0.1, 0.15) is 11.5 Å². The number of esters is 4. The molecule has 0 aliphatic heterocycles. The van der Waals surface area contributed by atoms with Gasteiger partial charge in [-0.3, -0.25) is 0 Å². The minimum absolute atomic E-state index is 0.0219. The molecule has 8 nitrogen and oxygen atoms in total. The van der Waals surface area contributed by atoms with Crippen molar-refractivity contribution in [3.8, 4) is 45.3 Å². The molecule has 0 radical (unpaired) electrons. The average Bonchev–Trinajstić information content (AvgIpc) is 1.90. The van der Waals surface area contributed by atoms with Crippen molar-refractivity contribution in [2.45, 2.75) is 232 Å². The van der Waals surface area contributed by atoms with E-state index >= 15 is 8.78 Å². The Hall–Kier alpha value is -7.43. The zero-order valence-electron chi connectivity index (χ0n) is 55.4. The highest BCUT2D eigenvalue weighted by Crippen LogP contribution is 2.31. The smallest absolute Gasteiger partial charge is 0.343 e. The van der Waals surface area contributed by atoms with Crippen molar-refractivity contribution < 1.29 is 46.9 Å². The summed E-state index contributed by atoms with van der Waals surface area (Å²) >= 11 is 6.30. The van der Waals surface area contributed by atoms with Crippen molar-refractivity contribution >= 4 is 35.5 Å².